The van der Waals surface area contributed by atoms with Gasteiger partial charge in [-0.15, -0.1) is 0 Å². The Morgan fingerprint density at radius 3 is 2.85 bits per heavy atom. The van der Waals surface area contributed by atoms with Crippen LogP contribution in [0.1, 0.15) is 12.8 Å². The van der Waals surface area contributed by atoms with Gasteiger partial charge in [-0.2, -0.15) is 0 Å². The molecule has 13 heavy (non-hydrogen) atoms. The van der Waals surface area contributed by atoms with E-state index >= 15 is 0 Å². The Hall–Kier alpha value is -0.350. The van der Waals surface area contributed by atoms with Gasteiger partial charge in [0.2, 0.25) is 0 Å². The Morgan fingerprint density at radius 1 is 1.69 bits per heavy atom. The first kappa shape index (κ1) is 10.7. The lowest BCUT2D eigenvalue weighted by Crippen LogP contribution is -2.35. The number of esters is 1. The number of carbonyl (C=O) groups is 1. The van der Waals surface area contributed by atoms with Crippen LogP contribution in [0.25, 0.3) is 0 Å². The molecule has 0 saturated carbocycles. The van der Waals surface area contributed by atoms with Gasteiger partial charge in [0, 0.05) is 12.6 Å². The summed E-state index contributed by atoms with van der Waals surface area (Å²) >= 11 is 3.25. The Kier molecular flexibility index (Phi) is 4.45. The van der Waals surface area contributed by atoms with Crippen molar-refractivity contribution >= 4 is 21.9 Å². The molecule has 0 spiro atoms. The van der Waals surface area contributed by atoms with E-state index in [1.807, 2.05) is 0 Å². The maximum absolute atomic E-state index is 11.0. The second-order valence-electron chi connectivity index (χ2n) is 3.04. The number of hydrogen-bond acceptors (Lipinski definition) is 3. The van der Waals surface area contributed by atoms with Gasteiger partial charge in [-0.1, -0.05) is 28.1 Å². The summed E-state index contributed by atoms with van der Waals surface area (Å²) in [4.78, 5) is 10.8. The van der Waals surface area contributed by atoms with Crippen molar-refractivity contribution in [3.8, 4) is 0 Å². The third kappa shape index (κ3) is 3.48. The van der Waals surface area contributed by atoms with Crippen LogP contribution in [0.5, 0.6) is 0 Å². The summed E-state index contributed by atoms with van der Waals surface area (Å²) < 4.78 is 4.59. The van der Waals surface area contributed by atoms with E-state index in [9.17, 15) is 4.79 Å². The summed E-state index contributed by atoms with van der Waals surface area (Å²) in [5, 5.41) is 3.29. The lowest BCUT2D eigenvalue weighted by molar-refractivity contribution is -0.139. The van der Waals surface area contributed by atoms with Crippen molar-refractivity contribution in [2.24, 2.45) is 0 Å². The number of carbonyl (C=O) groups excluding carboxylic acids is 1. The van der Waals surface area contributed by atoms with Gasteiger partial charge in [0.15, 0.2) is 0 Å². The molecule has 0 fully saturated rings. The molecule has 0 aromatic carbocycles. The number of halogens is 1. The first-order valence-electron chi connectivity index (χ1n) is 4.34. The van der Waals surface area contributed by atoms with Crippen molar-refractivity contribution in [3.63, 3.8) is 0 Å². The van der Waals surface area contributed by atoms with Crippen LogP contribution in [0.4, 0.5) is 0 Å². The van der Waals surface area contributed by atoms with Crippen molar-refractivity contribution in [3.05, 3.63) is 12.2 Å². The van der Waals surface area contributed by atoms with E-state index in [4.69, 9.17) is 0 Å². The Balaban J connectivity index is 2.14. The van der Waals surface area contributed by atoms with E-state index in [-0.39, 0.29) is 10.8 Å². The molecule has 0 heterocycles. The van der Waals surface area contributed by atoms with Gasteiger partial charge in [0.25, 0.3) is 0 Å². The van der Waals surface area contributed by atoms with E-state index in [0.29, 0.717) is 12.6 Å². The Labute approximate surface area is 86.7 Å². The molecule has 1 unspecified atom stereocenters. The highest BCUT2D eigenvalue weighted by Gasteiger charge is 2.17. The average molecular weight is 248 g/mol. The first-order valence-corrected chi connectivity index (χ1v) is 5.26. The van der Waals surface area contributed by atoms with Crippen LogP contribution >= 0.6 is 15.9 Å². The van der Waals surface area contributed by atoms with E-state index in [2.05, 4.69) is 38.1 Å². The van der Waals surface area contributed by atoms with Crippen LogP contribution in [-0.2, 0) is 9.53 Å². The fourth-order valence-electron chi connectivity index (χ4n) is 1.27. The highest BCUT2D eigenvalue weighted by atomic mass is 79.9. The Morgan fingerprint density at radius 2 is 2.31 bits per heavy atom. The molecule has 74 valence electrons. The minimum atomic E-state index is -0.238. The van der Waals surface area contributed by atoms with Gasteiger partial charge in [-0.25, -0.2) is 0 Å². The maximum atomic E-state index is 11.0. The minimum absolute atomic E-state index is 0.224. The van der Waals surface area contributed by atoms with Crippen LogP contribution in [-0.4, -0.2) is 30.5 Å². The monoisotopic (exact) mass is 247 g/mol. The van der Waals surface area contributed by atoms with Crippen molar-refractivity contribution in [2.45, 2.75) is 23.7 Å². The molecule has 3 nitrogen and oxygen atoms in total. The SMILES string of the molecule is COC(=O)C(Br)CNC1CC=CC1. The number of methoxy groups -OCH3 is 1. The number of hydrogen-bond donors (Lipinski definition) is 1. The lowest BCUT2D eigenvalue weighted by atomic mass is 10.2. The highest BCUT2D eigenvalue weighted by Crippen LogP contribution is 2.10. The minimum Gasteiger partial charge on any atom is -0.468 e. The fourth-order valence-corrected chi connectivity index (χ4v) is 1.64. The van der Waals surface area contributed by atoms with Gasteiger partial charge in [-0.05, 0) is 12.8 Å². The zero-order chi connectivity index (χ0) is 9.68. The van der Waals surface area contributed by atoms with Crippen LogP contribution in [0, 0.1) is 0 Å². The van der Waals surface area contributed by atoms with Crippen molar-refractivity contribution in [1.29, 1.82) is 0 Å². The molecule has 1 N–H and O–H groups in total. The molecule has 1 aliphatic rings. The van der Waals surface area contributed by atoms with Gasteiger partial charge in [0.05, 0.1) is 7.11 Å². The van der Waals surface area contributed by atoms with Crippen LogP contribution in [0.15, 0.2) is 12.2 Å². The number of alkyl halides is 1. The fraction of sp³-hybridized carbons (Fsp3) is 0.667. The smallest absolute Gasteiger partial charge is 0.320 e. The largest absolute Gasteiger partial charge is 0.468 e. The molecule has 0 aromatic rings. The molecule has 0 saturated heterocycles. The van der Waals surface area contributed by atoms with Crippen LogP contribution in [0.2, 0.25) is 0 Å². The highest BCUT2D eigenvalue weighted by molar-refractivity contribution is 9.10. The molecule has 1 atom stereocenters. The second-order valence-corrected chi connectivity index (χ2v) is 4.14. The lowest BCUT2D eigenvalue weighted by Gasteiger charge is -2.14. The normalized spacial score (nSPS) is 18.9. The Bertz CT molecular complexity index is 198. The second kappa shape index (κ2) is 5.40. The summed E-state index contributed by atoms with van der Waals surface area (Å²) in [7, 11) is 1.40. The summed E-state index contributed by atoms with van der Waals surface area (Å²) in [5.41, 5.74) is 0. The topological polar surface area (TPSA) is 38.3 Å². The number of nitrogens with one attached hydrogen (secondary N) is 1. The molecule has 1 aliphatic carbocycles. The van der Waals surface area contributed by atoms with Gasteiger partial charge < -0.3 is 10.1 Å². The molecular weight excluding hydrogens is 234 g/mol. The zero-order valence-corrected chi connectivity index (χ0v) is 9.21. The van der Waals surface area contributed by atoms with E-state index in [1.54, 1.807) is 0 Å². The molecule has 0 aliphatic heterocycles. The van der Waals surface area contributed by atoms with Crippen molar-refractivity contribution < 1.29 is 9.53 Å². The van der Waals surface area contributed by atoms with Gasteiger partial charge >= 0.3 is 5.97 Å². The summed E-state index contributed by atoms with van der Waals surface area (Å²) in [6.45, 7) is 0.624. The summed E-state index contributed by atoms with van der Waals surface area (Å²) in [6.07, 6.45) is 6.42. The van der Waals surface area contributed by atoms with Gasteiger partial charge in [0.1, 0.15) is 4.83 Å². The zero-order valence-electron chi connectivity index (χ0n) is 7.63. The predicted octanol–water partition coefficient (Wildman–Crippen LogP) is 1.23. The molecular formula is C9H14BrNO2. The van der Waals surface area contributed by atoms with Crippen LogP contribution < -0.4 is 5.32 Å². The van der Waals surface area contributed by atoms with Crippen molar-refractivity contribution in [2.75, 3.05) is 13.7 Å². The summed E-state index contributed by atoms with van der Waals surface area (Å²) in [5.74, 6) is -0.224. The van der Waals surface area contributed by atoms with E-state index in [1.165, 1.54) is 7.11 Å². The first-order chi connectivity index (χ1) is 6.24. The van der Waals surface area contributed by atoms with Gasteiger partial charge in [-0.3, -0.25) is 4.79 Å². The van der Waals surface area contributed by atoms with Crippen molar-refractivity contribution in [1.82, 2.24) is 5.32 Å². The number of ether oxygens (including phenoxy) is 1. The third-order valence-electron chi connectivity index (χ3n) is 2.05. The average Bonchev–Trinajstić information content (AvgIpc) is 2.65. The van der Waals surface area contributed by atoms with Crippen LogP contribution in [0.3, 0.4) is 0 Å². The third-order valence-corrected chi connectivity index (χ3v) is 2.75. The molecule has 1 rings (SSSR count). The molecule has 4 heteroatoms. The maximum Gasteiger partial charge on any atom is 0.320 e. The molecule has 0 bridgehead atoms. The summed E-state index contributed by atoms with van der Waals surface area (Å²) in [6, 6.07) is 0.490. The molecule has 0 radical (unpaired) electrons. The standard InChI is InChI=1S/C9H14BrNO2/c1-13-9(12)8(10)6-11-7-4-2-3-5-7/h2-3,7-8,11H,4-6H2,1H3. The molecule has 0 amide bonds. The molecule has 0 aromatic heterocycles. The predicted molar refractivity (Wildman–Crippen MR) is 54.9 cm³/mol. The number of rotatable bonds is 4. The van der Waals surface area contributed by atoms with E-state index < -0.39 is 0 Å². The quantitative estimate of drug-likeness (QED) is 0.462. The van der Waals surface area contributed by atoms with E-state index in [0.717, 1.165) is 12.8 Å².